The monoisotopic (exact) mass is 388 g/mol. The molecule has 3 amide bonds. The molecule has 2 aromatic rings. The molecule has 1 aliphatic rings. The molecule has 144 valence electrons. The number of urea groups is 1. The Kier molecular flexibility index (Phi) is 5.65. The molecular weight excluding hydrogens is 364 g/mol. The van der Waals surface area contributed by atoms with E-state index in [9.17, 15) is 9.59 Å². The molecule has 1 atom stereocenters. The number of likely N-dealkylation sites (tertiary alicyclic amines) is 1. The normalized spacial score (nSPS) is 16.9. The van der Waals surface area contributed by atoms with E-state index in [0.29, 0.717) is 24.6 Å². The summed E-state index contributed by atoms with van der Waals surface area (Å²) in [6, 6.07) is 9.37. The van der Waals surface area contributed by atoms with Crippen LogP contribution >= 0.6 is 11.3 Å². The number of nitrogens with zero attached hydrogens (tertiary/aromatic N) is 2. The second-order valence-electron chi connectivity index (χ2n) is 7.41. The third kappa shape index (κ3) is 5.43. The van der Waals surface area contributed by atoms with Crippen molar-refractivity contribution in [2.75, 3.05) is 18.4 Å². The zero-order valence-corrected chi connectivity index (χ0v) is 16.5. The average molecular weight is 388 g/mol. The lowest BCUT2D eigenvalue weighted by Gasteiger charge is -2.24. The van der Waals surface area contributed by atoms with Gasteiger partial charge in [-0.2, -0.15) is 0 Å². The smallest absolute Gasteiger partial charge is 0.410 e. The van der Waals surface area contributed by atoms with Crippen LogP contribution in [0.5, 0.6) is 0 Å². The van der Waals surface area contributed by atoms with Gasteiger partial charge in [0.2, 0.25) is 0 Å². The molecular formula is C19H24N4O3S. The van der Waals surface area contributed by atoms with Crippen molar-refractivity contribution in [1.82, 2.24) is 15.2 Å². The Hall–Kier alpha value is -2.61. The molecule has 27 heavy (non-hydrogen) atoms. The van der Waals surface area contributed by atoms with Gasteiger partial charge in [0, 0.05) is 30.1 Å². The standard InChI is InChI=1S/C19H24N4O3S/c1-19(2,3)26-18(25)23-10-9-14(11-23)20-16(24)22-17-21-15(12-27-17)13-7-5-4-6-8-13/h4-8,12,14H,9-11H2,1-3H3,(H2,20,21,22,24)/t14-/m1/s1. The molecule has 2 N–H and O–H groups in total. The van der Waals surface area contributed by atoms with Crippen LogP contribution in [0.15, 0.2) is 35.7 Å². The second-order valence-corrected chi connectivity index (χ2v) is 8.27. The van der Waals surface area contributed by atoms with Crippen molar-refractivity contribution < 1.29 is 14.3 Å². The van der Waals surface area contributed by atoms with E-state index in [0.717, 1.165) is 11.3 Å². The van der Waals surface area contributed by atoms with E-state index < -0.39 is 5.60 Å². The van der Waals surface area contributed by atoms with Crippen LogP contribution in [0.3, 0.4) is 0 Å². The predicted octanol–water partition coefficient (Wildman–Crippen LogP) is 3.94. The maximum absolute atomic E-state index is 12.2. The molecule has 1 aromatic carbocycles. The molecule has 0 radical (unpaired) electrons. The molecule has 2 heterocycles. The summed E-state index contributed by atoms with van der Waals surface area (Å²) in [7, 11) is 0. The summed E-state index contributed by atoms with van der Waals surface area (Å²) in [4.78, 5) is 30.4. The summed E-state index contributed by atoms with van der Waals surface area (Å²) in [5.41, 5.74) is 1.31. The van der Waals surface area contributed by atoms with Crippen LogP contribution in [0.4, 0.5) is 14.7 Å². The predicted molar refractivity (Wildman–Crippen MR) is 106 cm³/mol. The number of ether oxygens (including phenoxy) is 1. The molecule has 1 saturated heterocycles. The van der Waals surface area contributed by atoms with E-state index >= 15 is 0 Å². The number of carbonyl (C=O) groups is 2. The Morgan fingerprint density at radius 3 is 2.70 bits per heavy atom. The molecule has 0 spiro atoms. The fourth-order valence-corrected chi connectivity index (χ4v) is 3.48. The number of amides is 3. The van der Waals surface area contributed by atoms with Crippen molar-refractivity contribution in [3.05, 3.63) is 35.7 Å². The fraction of sp³-hybridized carbons (Fsp3) is 0.421. The van der Waals surface area contributed by atoms with E-state index in [1.807, 2.05) is 56.5 Å². The number of nitrogens with one attached hydrogen (secondary N) is 2. The third-order valence-electron chi connectivity index (χ3n) is 3.97. The number of hydrogen-bond acceptors (Lipinski definition) is 5. The summed E-state index contributed by atoms with van der Waals surface area (Å²) in [6.45, 7) is 6.51. The summed E-state index contributed by atoms with van der Waals surface area (Å²) in [5, 5.41) is 8.10. The molecule has 3 rings (SSSR count). The highest BCUT2D eigenvalue weighted by atomic mass is 32.1. The summed E-state index contributed by atoms with van der Waals surface area (Å²) >= 11 is 1.37. The largest absolute Gasteiger partial charge is 0.444 e. The maximum Gasteiger partial charge on any atom is 0.410 e. The lowest BCUT2D eigenvalue weighted by molar-refractivity contribution is 0.0291. The lowest BCUT2D eigenvalue weighted by Crippen LogP contribution is -2.41. The third-order valence-corrected chi connectivity index (χ3v) is 4.73. The van der Waals surface area contributed by atoms with Gasteiger partial charge in [0.25, 0.3) is 0 Å². The highest BCUT2D eigenvalue weighted by molar-refractivity contribution is 7.14. The quantitative estimate of drug-likeness (QED) is 0.834. The lowest BCUT2D eigenvalue weighted by atomic mass is 10.2. The van der Waals surface area contributed by atoms with Gasteiger partial charge in [-0.1, -0.05) is 30.3 Å². The van der Waals surface area contributed by atoms with E-state index in [1.54, 1.807) is 4.90 Å². The van der Waals surface area contributed by atoms with Crippen LogP contribution in [-0.4, -0.2) is 46.7 Å². The van der Waals surface area contributed by atoms with Gasteiger partial charge < -0.3 is 15.0 Å². The first-order valence-corrected chi connectivity index (χ1v) is 9.74. The molecule has 1 fully saturated rings. The van der Waals surface area contributed by atoms with Crippen LogP contribution in [0.2, 0.25) is 0 Å². The van der Waals surface area contributed by atoms with Gasteiger partial charge in [0.15, 0.2) is 5.13 Å². The van der Waals surface area contributed by atoms with Crippen LogP contribution in [0.1, 0.15) is 27.2 Å². The number of anilines is 1. The molecule has 1 aromatic heterocycles. The van der Waals surface area contributed by atoms with Gasteiger partial charge in [-0.3, -0.25) is 5.32 Å². The van der Waals surface area contributed by atoms with E-state index in [2.05, 4.69) is 15.6 Å². The van der Waals surface area contributed by atoms with Crippen LogP contribution in [0, 0.1) is 0 Å². The SMILES string of the molecule is CC(C)(C)OC(=O)N1CC[C@@H](NC(=O)Nc2nc(-c3ccccc3)cs2)C1. The Morgan fingerprint density at radius 2 is 2.00 bits per heavy atom. The van der Waals surface area contributed by atoms with Gasteiger partial charge in [-0.25, -0.2) is 14.6 Å². The number of rotatable bonds is 3. The van der Waals surface area contributed by atoms with E-state index in [-0.39, 0.29) is 18.2 Å². The molecule has 0 saturated carbocycles. The first-order chi connectivity index (χ1) is 12.8. The highest BCUT2D eigenvalue weighted by Gasteiger charge is 2.30. The van der Waals surface area contributed by atoms with Crippen molar-refractivity contribution in [2.24, 2.45) is 0 Å². The second kappa shape index (κ2) is 7.96. The van der Waals surface area contributed by atoms with Gasteiger partial charge in [-0.15, -0.1) is 11.3 Å². The summed E-state index contributed by atoms with van der Waals surface area (Å²) in [6.07, 6.45) is 0.347. The first-order valence-electron chi connectivity index (χ1n) is 8.86. The number of benzene rings is 1. The van der Waals surface area contributed by atoms with Crippen LogP contribution in [-0.2, 0) is 4.74 Å². The molecule has 7 nitrogen and oxygen atoms in total. The van der Waals surface area contributed by atoms with Crippen molar-refractivity contribution in [3.63, 3.8) is 0 Å². The van der Waals surface area contributed by atoms with Crippen molar-refractivity contribution in [1.29, 1.82) is 0 Å². The van der Waals surface area contributed by atoms with Gasteiger partial charge >= 0.3 is 12.1 Å². The van der Waals surface area contributed by atoms with Crippen molar-refractivity contribution in [3.8, 4) is 11.3 Å². The minimum Gasteiger partial charge on any atom is -0.444 e. The number of carbonyl (C=O) groups excluding carboxylic acids is 2. The minimum atomic E-state index is -0.527. The summed E-state index contributed by atoms with van der Waals surface area (Å²) in [5.74, 6) is 0. The zero-order chi connectivity index (χ0) is 19.4. The molecule has 0 unspecified atom stereocenters. The minimum absolute atomic E-state index is 0.105. The molecule has 0 bridgehead atoms. The molecule has 1 aliphatic heterocycles. The Balaban J connectivity index is 1.49. The number of thiazole rings is 1. The fourth-order valence-electron chi connectivity index (χ4n) is 2.76. The van der Waals surface area contributed by atoms with Crippen molar-refractivity contribution >= 4 is 28.6 Å². The highest BCUT2D eigenvalue weighted by Crippen LogP contribution is 2.24. The molecule has 0 aliphatic carbocycles. The number of hydrogen-bond donors (Lipinski definition) is 2. The summed E-state index contributed by atoms with van der Waals surface area (Å²) < 4.78 is 5.37. The zero-order valence-electron chi connectivity index (χ0n) is 15.7. The maximum atomic E-state index is 12.2. The van der Waals surface area contributed by atoms with Crippen molar-refractivity contribution in [2.45, 2.75) is 38.8 Å². The van der Waals surface area contributed by atoms with Crippen LogP contribution < -0.4 is 10.6 Å². The molecule has 8 heteroatoms. The van der Waals surface area contributed by atoms with E-state index in [4.69, 9.17) is 4.74 Å². The Morgan fingerprint density at radius 1 is 1.26 bits per heavy atom. The Labute approximate surface area is 162 Å². The Bertz CT molecular complexity index is 801. The number of aromatic nitrogens is 1. The van der Waals surface area contributed by atoms with Gasteiger partial charge in [0.1, 0.15) is 5.60 Å². The first kappa shape index (κ1) is 19.2. The average Bonchev–Trinajstić information content (AvgIpc) is 3.24. The van der Waals surface area contributed by atoms with Gasteiger partial charge in [-0.05, 0) is 27.2 Å². The van der Waals surface area contributed by atoms with E-state index in [1.165, 1.54) is 11.3 Å². The van der Waals surface area contributed by atoms with Crippen LogP contribution in [0.25, 0.3) is 11.3 Å². The van der Waals surface area contributed by atoms with Gasteiger partial charge in [0.05, 0.1) is 5.69 Å². The topological polar surface area (TPSA) is 83.6 Å².